The molecular weight excluding hydrogens is 282 g/mol. The van der Waals surface area contributed by atoms with Gasteiger partial charge < -0.3 is 10.6 Å². The number of hydrogen-bond donors (Lipinski definition) is 2. The molecule has 1 saturated carbocycles. The van der Waals surface area contributed by atoms with Crippen molar-refractivity contribution in [3.8, 4) is 0 Å². The van der Waals surface area contributed by atoms with Crippen LogP contribution in [0.15, 0.2) is 4.60 Å². The van der Waals surface area contributed by atoms with Crippen LogP contribution in [0.2, 0.25) is 0 Å². The molecule has 2 N–H and O–H groups in total. The summed E-state index contributed by atoms with van der Waals surface area (Å²) < 4.78 is 0.798. The first-order valence-corrected chi connectivity index (χ1v) is 6.99. The monoisotopic (exact) mass is 297 g/mol. The smallest absolute Gasteiger partial charge is 0.243 e. The van der Waals surface area contributed by atoms with E-state index >= 15 is 0 Å². The van der Waals surface area contributed by atoms with Crippen LogP contribution in [-0.2, 0) is 0 Å². The van der Waals surface area contributed by atoms with Crippen molar-refractivity contribution in [3.05, 3.63) is 10.3 Å². The Hall–Kier alpha value is -0.750. The van der Waals surface area contributed by atoms with E-state index in [0.717, 1.165) is 23.4 Å². The van der Waals surface area contributed by atoms with Crippen molar-refractivity contribution >= 4 is 21.9 Å². The molecule has 0 unspecified atom stereocenters. The first-order chi connectivity index (χ1) is 8.33. The van der Waals surface area contributed by atoms with Gasteiger partial charge in [-0.15, -0.1) is 10.2 Å². The molecule has 1 aliphatic heterocycles. The maximum Gasteiger partial charge on any atom is 0.243 e. The predicted molar refractivity (Wildman–Crippen MR) is 69.0 cm³/mol. The highest BCUT2D eigenvalue weighted by Crippen LogP contribution is 2.41. The molecule has 0 aromatic carbocycles. The Bertz CT molecular complexity index is 401. The zero-order valence-electron chi connectivity index (χ0n) is 9.62. The fraction of sp³-hybridized carbons (Fsp3) is 0.727. The standard InChI is InChI=1S/C11H16BrN5/c12-10-9(7-3-4-7)15-11(17-16-10)14-8-2-1-5-13-6-8/h7-8,13H,1-6H2,(H,14,15,17)/t8-/m1/s1. The Morgan fingerprint density at radius 3 is 2.82 bits per heavy atom. The van der Waals surface area contributed by atoms with Crippen molar-refractivity contribution < 1.29 is 0 Å². The third-order valence-electron chi connectivity index (χ3n) is 3.26. The third kappa shape index (κ3) is 2.74. The van der Waals surface area contributed by atoms with Crippen LogP contribution in [0.1, 0.15) is 37.3 Å². The first kappa shape index (κ1) is 11.3. The molecule has 1 aliphatic carbocycles. The molecule has 1 aromatic heterocycles. The van der Waals surface area contributed by atoms with Gasteiger partial charge in [0.15, 0.2) is 4.60 Å². The summed E-state index contributed by atoms with van der Waals surface area (Å²) in [6, 6.07) is 0.429. The van der Waals surface area contributed by atoms with Crippen LogP contribution in [0.3, 0.4) is 0 Å². The molecule has 1 aromatic rings. The molecule has 0 bridgehead atoms. The van der Waals surface area contributed by atoms with E-state index in [-0.39, 0.29) is 0 Å². The Labute approximate surface area is 109 Å². The number of halogens is 1. The molecular formula is C11H16BrN5. The third-order valence-corrected chi connectivity index (χ3v) is 3.83. The summed E-state index contributed by atoms with van der Waals surface area (Å²) in [6.07, 6.45) is 4.83. The zero-order valence-corrected chi connectivity index (χ0v) is 11.2. The van der Waals surface area contributed by atoms with Gasteiger partial charge in [-0.25, -0.2) is 4.98 Å². The fourth-order valence-corrected chi connectivity index (χ4v) is 2.65. The second-order valence-electron chi connectivity index (χ2n) is 4.77. The minimum atomic E-state index is 0.429. The number of hydrogen-bond acceptors (Lipinski definition) is 5. The van der Waals surface area contributed by atoms with Crippen LogP contribution in [0.5, 0.6) is 0 Å². The molecule has 0 radical (unpaired) electrons. The number of nitrogens with one attached hydrogen (secondary N) is 2. The van der Waals surface area contributed by atoms with Crippen molar-refractivity contribution in [2.45, 2.75) is 37.6 Å². The molecule has 17 heavy (non-hydrogen) atoms. The van der Waals surface area contributed by atoms with E-state index in [1.807, 2.05) is 0 Å². The summed E-state index contributed by atoms with van der Waals surface area (Å²) in [5, 5.41) is 15.0. The molecule has 5 nitrogen and oxygen atoms in total. The number of rotatable bonds is 3. The van der Waals surface area contributed by atoms with Gasteiger partial charge in [-0.1, -0.05) is 0 Å². The van der Waals surface area contributed by atoms with Gasteiger partial charge in [0.2, 0.25) is 5.95 Å². The number of aromatic nitrogens is 3. The number of anilines is 1. The molecule has 2 heterocycles. The molecule has 1 atom stereocenters. The fourth-order valence-electron chi connectivity index (χ4n) is 2.16. The SMILES string of the molecule is Brc1nnc(N[C@@H]2CCCNC2)nc1C1CC1. The van der Waals surface area contributed by atoms with E-state index in [9.17, 15) is 0 Å². The molecule has 92 valence electrons. The Kier molecular flexibility index (Phi) is 3.24. The summed E-state index contributed by atoms with van der Waals surface area (Å²) in [4.78, 5) is 4.57. The number of piperidine rings is 1. The van der Waals surface area contributed by atoms with Crippen LogP contribution in [-0.4, -0.2) is 34.3 Å². The van der Waals surface area contributed by atoms with Gasteiger partial charge in [-0.05, 0) is 48.2 Å². The van der Waals surface area contributed by atoms with E-state index < -0.39 is 0 Å². The zero-order chi connectivity index (χ0) is 11.7. The van der Waals surface area contributed by atoms with Crippen molar-refractivity contribution in [3.63, 3.8) is 0 Å². The topological polar surface area (TPSA) is 62.7 Å². The van der Waals surface area contributed by atoms with Crippen LogP contribution in [0, 0.1) is 0 Å². The summed E-state index contributed by atoms with van der Waals surface area (Å²) >= 11 is 3.42. The Morgan fingerprint density at radius 2 is 2.12 bits per heavy atom. The van der Waals surface area contributed by atoms with Crippen LogP contribution in [0.4, 0.5) is 5.95 Å². The minimum Gasteiger partial charge on any atom is -0.349 e. The summed E-state index contributed by atoms with van der Waals surface area (Å²) in [6.45, 7) is 2.10. The molecule has 0 amide bonds. The lowest BCUT2D eigenvalue weighted by atomic mass is 10.1. The molecule has 6 heteroatoms. The van der Waals surface area contributed by atoms with Gasteiger partial charge in [0, 0.05) is 18.5 Å². The maximum absolute atomic E-state index is 4.57. The lowest BCUT2D eigenvalue weighted by molar-refractivity contribution is 0.477. The lowest BCUT2D eigenvalue weighted by Gasteiger charge is -2.23. The number of nitrogens with zero attached hydrogens (tertiary/aromatic N) is 3. The van der Waals surface area contributed by atoms with Gasteiger partial charge in [0.1, 0.15) is 0 Å². The van der Waals surface area contributed by atoms with Crippen molar-refractivity contribution in [1.82, 2.24) is 20.5 Å². The van der Waals surface area contributed by atoms with Gasteiger partial charge in [0.05, 0.1) is 5.69 Å². The molecule has 0 spiro atoms. The van der Waals surface area contributed by atoms with Crippen LogP contribution >= 0.6 is 15.9 Å². The van der Waals surface area contributed by atoms with Gasteiger partial charge >= 0.3 is 0 Å². The van der Waals surface area contributed by atoms with Gasteiger partial charge in [-0.3, -0.25) is 0 Å². The second kappa shape index (κ2) is 4.86. The molecule has 3 rings (SSSR count). The average Bonchev–Trinajstić information content (AvgIpc) is 3.17. The van der Waals surface area contributed by atoms with E-state index in [1.54, 1.807) is 0 Å². The second-order valence-corrected chi connectivity index (χ2v) is 5.52. The van der Waals surface area contributed by atoms with E-state index in [1.165, 1.54) is 25.7 Å². The summed E-state index contributed by atoms with van der Waals surface area (Å²) in [7, 11) is 0. The van der Waals surface area contributed by atoms with Crippen molar-refractivity contribution in [1.29, 1.82) is 0 Å². The van der Waals surface area contributed by atoms with Crippen LogP contribution < -0.4 is 10.6 Å². The largest absolute Gasteiger partial charge is 0.349 e. The quantitative estimate of drug-likeness (QED) is 0.889. The molecule has 1 saturated heterocycles. The van der Waals surface area contributed by atoms with E-state index in [0.29, 0.717) is 17.9 Å². The lowest BCUT2D eigenvalue weighted by Crippen LogP contribution is -2.38. The average molecular weight is 298 g/mol. The van der Waals surface area contributed by atoms with Crippen molar-refractivity contribution in [2.24, 2.45) is 0 Å². The Balaban J connectivity index is 1.71. The first-order valence-electron chi connectivity index (χ1n) is 6.20. The van der Waals surface area contributed by atoms with E-state index in [2.05, 4.69) is 41.7 Å². The van der Waals surface area contributed by atoms with Gasteiger partial charge in [-0.2, -0.15) is 0 Å². The van der Waals surface area contributed by atoms with E-state index in [4.69, 9.17) is 0 Å². The summed E-state index contributed by atoms with van der Waals surface area (Å²) in [5.41, 5.74) is 1.06. The van der Waals surface area contributed by atoms with Gasteiger partial charge in [0.25, 0.3) is 0 Å². The highest BCUT2D eigenvalue weighted by atomic mass is 79.9. The highest BCUT2D eigenvalue weighted by molar-refractivity contribution is 9.10. The van der Waals surface area contributed by atoms with Crippen molar-refractivity contribution in [2.75, 3.05) is 18.4 Å². The van der Waals surface area contributed by atoms with Crippen LogP contribution in [0.25, 0.3) is 0 Å². The Morgan fingerprint density at radius 1 is 1.24 bits per heavy atom. The highest BCUT2D eigenvalue weighted by Gasteiger charge is 2.28. The summed E-state index contributed by atoms with van der Waals surface area (Å²) in [5.74, 6) is 1.26. The molecule has 2 fully saturated rings. The normalized spacial score (nSPS) is 24.6. The predicted octanol–water partition coefficient (Wildman–Crippen LogP) is 1.68. The minimum absolute atomic E-state index is 0.429. The molecule has 2 aliphatic rings. The maximum atomic E-state index is 4.57.